The molecule has 9 heteroatoms. The molecule has 0 aliphatic carbocycles. The molecule has 4 rings (SSSR count). The molecular weight excluding hydrogens is 405 g/mol. The van der Waals surface area contributed by atoms with Crippen LogP contribution in [0.25, 0.3) is 11.3 Å². The molecule has 146 valence electrons. The largest absolute Gasteiger partial charge is 0.420 e. The van der Waals surface area contributed by atoms with Gasteiger partial charge in [-0.15, -0.1) is 5.10 Å². The maximum absolute atomic E-state index is 13.3. The number of nitrogens with zero attached hydrogens (tertiary/aromatic N) is 2. The maximum Gasteiger partial charge on any atom is 0.416 e. The van der Waals surface area contributed by atoms with Crippen molar-refractivity contribution < 1.29 is 17.9 Å². The van der Waals surface area contributed by atoms with E-state index < -0.39 is 17.7 Å². The van der Waals surface area contributed by atoms with Gasteiger partial charge in [0.2, 0.25) is 11.8 Å². The molecule has 0 saturated heterocycles. The van der Waals surface area contributed by atoms with Gasteiger partial charge in [0.1, 0.15) is 11.6 Å². The van der Waals surface area contributed by atoms with E-state index in [-0.39, 0.29) is 22.9 Å². The van der Waals surface area contributed by atoms with Gasteiger partial charge < -0.3 is 10.5 Å². The topological polar surface area (TPSA) is 87.7 Å². The Morgan fingerprint density at radius 2 is 1.90 bits per heavy atom. The van der Waals surface area contributed by atoms with Crippen LogP contribution in [0.5, 0.6) is 5.88 Å². The second-order valence-corrected chi connectivity index (χ2v) is 6.81. The molecule has 3 N–H and O–H groups in total. The number of H-pyrrole nitrogens is 1. The van der Waals surface area contributed by atoms with E-state index in [2.05, 4.69) is 10.2 Å². The van der Waals surface area contributed by atoms with Crippen LogP contribution in [-0.2, 0) is 6.18 Å². The highest BCUT2D eigenvalue weighted by atomic mass is 35.5. The van der Waals surface area contributed by atoms with Crippen molar-refractivity contribution in [3.63, 3.8) is 0 Å². The zero-order valence-corrected chi connectivity index (χ0v) is 15.3. The number of aromatic amines is 1. The molecular formula is C20H12ClF3N4O. The first kappa shape index (κ1) is 18.9. The Bertz CT molecular complexity index is 1160. The van der Waals surface area contributed by atoms with Crippen molar-refractivity contribution in [3.8, 4) is 23.2 Å². The number of fused-ring (bicyclic) bond motifs is 1. The predicted octanol–water partition coefficient (Wildman–Crippen LogP) is 4.97. The monoisotopic (exact) mass is 416 g/mol. The molecule has 5 nitrogen and oxygen atoms in total. The molecule has 0 saturated carbocycles. The molecule has 1 aliphatic rings. The third-order valence-corrected chi connectivity index (χ3v) is 4.87. The van der Waals surface area contributed by atoms with Crippen LogP contribution in [0.2, 0.25) is 5.02 Å². The minimum atomic E-state index is -4.53. The van der Waals surface area contributed by atoms with Gasteiger partial charge in [-0.1, -0.05) is 41.9 Å². The summed E-state index contributed by atoms with van der Waals surface area (Å²) in [5, 5.41) is 17.1. The smallest absolute Gasteiger partial charge is 0.416 e. The van der Waals surface area contributed by atoms with Crippen LogP contribution in [0.4, 0.5) is 13.2 Å². The molecule has 0 spiro atoms. The average Bonchev–Trinajstić information content (AvgIpc) is 3.10. The Hall–Kier alpha value is -3.44. The van der Waals surface area contributed by atoms with E-state index in [4.69, 9.17) is 22.1 Å². The molecule has 1 aliphatic heterocycles. The van der Waals surface area contributed by atoms with Gasteiger partial charge in [-0.2, -0.15) is 18.4 Å². The van der Waals surface area contributed by atoms with Gasteiger partial charge in [0.25, 0.3) is 0 Å². The Morgan fingerprint density at radius 1 is 1.17 bits per heavy atom. The molecule has 2 aromatic carbocycles. The molecule has 1 unspecified atom stereocenters. The van der Waals surface area contributed by atoms with Gasteiger partial charge in [-0.3, -0.25) is 5.10 Å². The van der Waals surface area contributed by atoms with Crippen LogP contribution in [0.3, 0.4) is 0 Å². The van der Waals surface area contributed by atoms with Crippen molar-refractivity contribution in [2.75, 3.05) is 0 Å². The standard InChI is InChI=1S/C20H12ClF3N4O/c21-13-6-4-10(5-7-13)17-16-15(11-2-1-3-12(8-11)20(22,23)24)14(9-25)18(26)29-19(16)28-27-17/h1-8,15H,26H2,(H,27,28). The van der Waals surface area contributed by atoms with Crippen LogP contribution in [-0.4, -0.2) is 10.2 Å². The first-order chi connectivity index (χ1) is 13.8. The van der Waals surface area contributed by atoms with Crippen LogP contribution >= 0.6 is 11.6 Å². The van der Waals surface area contributed by atoms with Gasteiger partial charge in [0.05, 0.1) is 22.7 Å². The second kappa shape index (κ2) is 6.87. The van der Waals surface area contributed by atoms with E-state index in [0.717, 1.165) is 12.1 Å². The van der Waals surface area contributed by atoms with E-state index in [9.17, 15) is 18.4 Å². The van der Waals surface area contributed by atoms with Gasteiger partial charge in [-0.25, -0.2) is 0 Å². The summed E-state index contributed by atoms with van der Waals surface area (Å²) >= 11 is 5.94. The van der Waals surface area contributed by atoms with E-state index >= 15 is 0 Å². The zero-order valence-electron chi connectivity index (χ0n) is 14.6. The lowest BCUT2D eigenvalue weighted by molar-refractivity contribution is -0.137. The van der Waals surface area contributed by atoms with Crippen molar-refractivity contribution in [3.05, 3.63) is 81.7 Å². The van der Waals surface area contributed by atoms with Crippen molar-refractivity contribution in [2.24, 2.45) is 5.73 Å². The molecule has 1 atom stereocenters. The van der Waals surface area contributed by atoms with Crippen molar-refractivity contribution >= 4 is 11.6 Å². The Kier molecular flexibility index (Phi) is 4.47. The minimum absolute atomic E-state index is 0.00781. The number of allylic oxidation sites excluding steroid dienone is 1. The fraction of sp³-hybridized carbons (Fsp3) is 0.100. The Balaban J connectivity index is 1.94. The molecule has 0 radical (unpaired) electrons. The van der Waals surface area contributed by atoms with E-state index in [1.807, 2.05) is 6.07 Å². The summed E-state index contributed by atoms with van der Waals surface area (Å²) in [5.74, 6) is -0.971. The molecule has 2 heterocycles. The molecule has 1 aromatic heterocycles. The van der Waals surface area contributed by atoms with Crippen LogP contribution < -0.4 is 10.5 Å². The number of rotatable bonds is 2. The highest BCUT2D eigenvalue weighted by Gasteiger charge is 2.37. The van der Waals surface area contributed by atoms with Crippen LogP contribution in [0, 0.1) is 11.3 Å². The number of hydrogen-bond donors (Lipinski definition) is 2. The Morgan fingerprint density at radius 3 is 2.55 bits per heavy atom. The molecule has 0 amide bonds. The first-order valence-electron chi connectivity index (χ1n) is 8.38. The number of nitriles is 1. The molecule has 0 bridgehead atoms. The predicted molar refractivity (Wildman–Crippen MR) is 99.8 cm³/mol. The number of halogens is 4. The van der Waals surface area contributed by atoms with E-state index in [0.29, 0.717) is 21.8 Å². The summed E-state index contributed by atoms with van der Waals surface area (Å²) in [6.07, 6.45) is -4.53. The zero-order chi connectivity index (χ0) is 20.8. The van der Waals surface area contributed by atoms with E-state index in [1.165, 1.54) is 12.1 Å². The fourth-order valence-electron chi connectivity index (χ4n) is 3.31. The number of hydrogen-bond acceptors (Lipinski definition) is 4. The third-order valence-electron chi connectivity index (χ3n) is 4.62. The molecule has 0 fully saturated rings. The fourth-order valence-corrected chi connectivity index (χ4v) is 3.44. The lowest BCUT2D eigenvalue weighted by atomic mass is 9.82. The molecule has 3 aromatic rings. The van der Waals surface area contributed by atoms with Gasteiger partial charge in [0, 0.05) is 10.6 Å². The summed E-state index contributed by atoms with van der Waals surface area (Å²) in [6.45, 7) is 0. The first-order valence-corrected chi connectivity index (χ1v) is 8.76. The van der Waals surface area contributed by atoms with Gasteiger partial charge >= 0.3 is 6.18 Å². The summed E-state index contributed by atoms with van der Waals surface area (Å²) in [5.41, 5.74) is 6.91. The highest BCUT2D eigenvalue weighted by molar-refractivity contribution is 6.30. The summed E-state index contributed by atoms with van der Waals surface area (Å²) < 4.78 is 45.2. The highest BCUT2D eigenvalue weighted by Crippen LogP contribution is 2.46. The quantitative estimate of drug-likeness (QED) is 0.617. The van der Waals surface area contributed by atoms with Crippen molar-refractivity contribution in [1.82, 2.24) is 10.2 Å². The molecule has 29 heavy (non-hydrogen) atoms. The lowest BCUT2D eigenvalue weighted by Crippen LogP contribution is -2.21. The van der Waals surface area contributed by atoms with Gasteiger partial charge in [-0.05, 0) is 23.8 Å². The number of alkyl halides is 3. The minimum Gasteiger partial charge on any atom is -0.420 e. The summed E-state index contributed by atoms with van der Waals surface area (Å²) in [4.78, 5) is 0. The number of aromatic nitrogens is 2. The third kappa shape index (κ3) is 3.30. The number of nitrogens with two attached hydrogens (primary N) is 1. The summed E-state index contributed by atoms with van der Waals surface area (Å²) in [7, 11) is 0. The lowest BCUT2D eigenvalue weighted by Gasteiger charge is -2.24. The van der Waals surface area contributed by atoms with Gasteiger partial charge in [0.15, 0.2) is 0 Å². The van der Waals surface area contributed by atoms with Crippen molar-refractivity contribution in [1.29, 1.82) is 5.26 Å². The normalized spacial score (nSPS) is 16.2. The number of nitrogens with one attached hydrogen (secondary N) is 1. The Labute approximate surface area is 168 Å². The summed E-state index contributed by atoms with van der Waals surface area (Å²) in [6, 6.07) is 13.5. The average molecular weight is 417 g/mol. The van der Waals surface area contributed by atoms with Crippen LogP contribution in [0.1, 0.15) is 22.6 Å². The van der Waals surface area contributed by atoms with Crippen LogP contribution in [0.15, 0.2) is 60.0 Å². The second-order valence-electron chi connectivity index (χ2n) is 6.37. The maximum atomic E-state index is 13.3. The number of benzene rings is 2. The number of ether oxygens (including phenoxy) is 1. The van der Waals surface area contributed by atoms with E-state index in [1.54, 1.807) is 24.3 Å². The SMILES string of the molecule is N#CC1=C(N)Oc2n[nH]c(-c3ccc(Cl)cc3)c2C1c1cccc(C(F)(F)F)c1. The van der Waals surface area contributed by atoms with Crippen molar-refractivity contribution in [2.45, 2.75) is 12.1 Å².